The zero-order valence-electron chi connectivity index (χ0n) is 11.3. The minimum Gasteiger partial charge on any atom is -0.279 e. The molecule has 0 fully saturated rings. The second kappa shape index (κ2) is 6.27. The Hall–Kier alpha value is -2.22. The first kappa shape index (κ1) is 16.2. The molecule has 0 aliphatic carbocycles. The van der Waals surface area contributed by atoms with Crippen molar-refractivity contribution in [2.75, 3.05) is 4.90 Å². The summed E-state index contributed by atoms with van der Waals surface area (Å²) in [6.45, 7) is 1.31. The van der Waals surface area contributed by atoms with Crippen LogP contribution in [0.2, 0.25) is 5.02 Å². The first-order chi connectivity index (χ1) is 10.3. The molecule has 0 aliphatic heterocycles. The fourth-order valence-electron chi connectivity index (χ4n) is 1.66. The first-order valence-corrected chi connectivity index (χ1v) is 6.43. The van der Waals surface area contributed by atoms with E-state index in [4.69, 9.17) is 11.6 Å². The van der Waals surface area contributed by atoms with Crippen molar-refractivity contribution in [1.29, 1.82) is 0 Å². The van der Waals surface area contributed by atoms with E-state index in [1.165, 1.54) is 6.92 Å². The van der Waals surface area contributed by atoms with Crippen LogP contribution in [0.4, 0.5) is 19.1 Å². The number of halogens is 4. The number of carbonyl (C=O) groups excluding carboxylic acids is 1. The minimum atomic E-state index is -4.71. The molecule has 1 heterocycles. The van der Waals surface area contributed by atoms with Crippen molar-refractivity contribution in [2.24, 2.45) is 0 Å². The number of alkyl halides is 3. The molecule has 0 bridgehead atoms. The third-order valence-corrected chi connectivity index (χ3v) is 2.89. The molecule has 5 nitrogen and oxygen atoms in total. The van der Waals surface area contributed by atoms with Crippen LogP contribution in [-0.4, -0.2) is 21.4 Å². The van der Waals surface area contributed by atoms with Gasteiger partial charge in [0.05, 0.1) is 6.54 Å². The van der Waals surface area contributed by atoms with Gasteiger partial charge in [-0.25, -0.2) is 4.98 Å². The highest BCUT2D eigenvalue weighted by atomic mass is 35.5. The van der Waals surface area contributed by atoms with E-state index < -0.39 is 12.0 Å². The summed E-state index contributed by atoms with van der Waals surface area (Å²) in [5.74, 6) is -1.82. The van der Waals surface area contributed by atoms with Gasteiger partial charge in [0.2, 0.25) is 18.2 Å². The molecule has 0 aliphatic rings. The minimum absolute atomic E-state index is 0.0153. The van der Waals surface area contributed by atoms with Crippen LogP contribution in [0.25, 0.3) is 0 Å². The quantitative estimate of drug-likeness (QED) is 0.809. The van der Waals surface area contributed by atoms with Gasteiger partial charge in [-0.15, -0.1) is 0 Å². The van der Waals surface area contributed by atoms with Crippen LogP contribution in [-0.2, 0) is 17.5 Å². The van der Waals surface area contributed by atoms with Crippen LogP contribution in [0.1, 0.15) is 17.2 Å². The Kier molecular flexibility index (Phi) is 4.60. The van der Waals surface area contributed by atoms with Gasteiger partial charge < -0.3 is 0 Å². The Morgan fingerprint density at radius 3 is 2.36 bits per heavy atom. The monoisotopic (exact) mass is 330 g/mol. The fraction of sp³-hybridized carbons (Fsp3) is 0.231. The topological polar surface area (TPSA) is 59.0 Å². The van der Waals surface area contributed by atoms with Crippen LogP contribution in [0, 0.1) is 6.92 Å². The molecule has 2 aromatic rings. The van der Waals surface area contributed by atoms with Crippen molar-refractivity contribution in [3.63, 3.8) is 0 Å². The van der Waals surface area contributed by atoms with Crippen molar-refractivity contribution in [3.8, 4) is 0 Å². The SMILES string of the molecule is Cc1nc(N(C=O)Cc2ccc(Cl)cc2)nc(C(F)(F)F)n1. The summed E-state index contributed by atoms with van der Waals surface area (Å²) in [4.78, 5) is 22.5. The van der Waals surface area contributed by atoms with Crippen LogP contribution in [0.5, 0.6) is 0 Å². The summed E-state index contributed by atoms with van der Waals surface area (Å²) in [5, 5.41) is 0.511. The largest absolute Gasteiger partial charge is 0.451 e. The standard InChI is InChI=1S/C13H10ClF3N4O/c1-8-18-11(13(15,16)17)20-12(19-8)21(7-22)6-9-2-4-10(14)5-3-9/h2-5,7H,6H2,1H3. The van der Waals surface area contributed by atoms with Gasteiger partial charge in [-0.3, -0.25) is 9.69 Å². The van der Waals surface area contributed by atoms with Gasteiger partial charge in [0.15, 0.2) is 0 Å². The highest BCUT2D eigenvalue weighted by Crippen LogP contribution is 2.27. The molecular formula is C13H10ClF3N4O. The van der Waals surface area contributed by atoms with E-state index in [-0.39, 0.29) is 18.3 Å². The fourth-order valence-corrected chi connectivity index (χ4v) is 1.79. The lowest BCUT2D eigenvalue weighted by molar-refractivity contribution is -0.145. The second-order valence-corrected chi connectivity index (χ2v) is 4.80. The molecule has 0 N–H and O–H groups in total. The Morgan fingerprint density at radius 2 is 1.82 bits per heavy atom. The van der Waals surface area contributed by atoms with E-state index in [0.29, 0.717) is 17.0 Å². The summed E-state index contributed by atoms with van der Waals surface area (Å²) in [6.07, 6.45) is -4.35. The van der Waals surface area contributed by atoms with Gasteiger partial charge in [0.25, 0.3) is 0 Å². The van der Waals surface area contributed by atoms with Crippen molar-refractivity contribution in [1.82, 2.24) is 15.0 Å². The zero-order chi connectivity index (χ0) is 16.3. The third-order valence-electron chi connectivity index (χ3n) is 2.64. The summed E-state index contributed by atoms with van der Waals surface area (Å²) in [7, 11) is 0. The van der Waals surface area contributed by atoms with Crippen molar-refractivity contribution in [2.45, 2.75) is 19.6 Å². The van der Waals surface area contributed by atoms with Crippen LogP contribution in [0.3, 0.4) is 0 Å². The van der Waals surface area contributed by atoms with Gasteiger partial charge in [-0.05, 0) is 24.6 Å². The van der Waals surface area contributed by atoms with E-state index in [9.17, 15) is 18.0 Å². The lowest BCUT2D eigenvalue weighted by atomic mass is 10.2. The van der Waals surface area contributed by atoms with Gasteiger partial charge in [0.1, 0.15) is 5.82 Å². The number of hydrogen-bond acceptors (Lipinski definition) is 4. The third kappa shape index (κ3) is 3.91. The Morgan fingerprint density at radius 1 is 1.18 bits per heavy atom. The Balaban J connectivity index is 2.33. The van der Waals surface area contributed by atoms with Gasteiger partial charge in [-0.2, -0.15) is 23.1 Å². The molecule has 0 saturated heterocycles. The molecule has 9 heteroatoms. The average molecular weight is 331 g/mol. The van der Waals surface area contributed by atoms with Crippen LogP contribution < -0.4 is 4.90 Å². The zero-order valence-corrected chi connectivity index (χ0v) is 12.1. The van der Waals surface area contributed by atoms with E-state index >= 15 is 0 Å². The van der Waals surface area contributed by atoms with E-state index in [1.54, 1.807) is 24.3 Å². The molecule has 116 valence electrons. The number of hydrogen-bond donors (Lipinski definition) is 0. The molecule has 0 atom stereocenters. The molecular weight excluding hydrogens is 321 g/mol. The van der Waals surface area contributed by atoms with Crippen LogP contribution in [0.15, 0.2) is 24.3 Å². The molecule has 0 saturated carbocycles. The number of amides is 1. The molecule has 22 heavy (non-hydrogen) atoms. The van der Waals surface area contributed by atoms with E-state index in [2.05, 4.69) is 15.0 Å². The molecule has 0 spiro atoms. The Bertz CT molecular complexity index is 676. The second-order valence-electron chi connectivity index (χ2n) is 4.36. The molecule has 1 aromatic heterocycles. The molecule has 1 aromatic carbocycles. The summed E-state index contributed by atoms with van der Waals surface area (Å²) in [6, 6.07) is 6.52. The van der Waals surface area contributed by atoms with Crippen molar-refractivity contribution < 1.29 is 18.0 Å². The van der Waals surface area contributed by atoms with Gasteiger partial charge in [0, 0.05) is 5.02 Å². The normalized spacial score (nSPS) is 11.3. The Labute approximate surface area is 128 Å². The smallest absolute Gasteiger partial charge is 0.279 e. The van der Waals surface area contributed by atoms with Gasteiger partial charge >= 0.3 is 6.18 Å². The number of benzene rings is 1. The number of nitrogens with zero attached hydrogens (tertiary/aromatic N) is 4. The number of aromatic nitrogens is 3. The number of carbonyl (C=O) groups is 1. The van der Waals surface area contributed by atoms with Gasteiger partial charge in [-0.1, -0.05) is 23.7 Å². The number of rotatable bonds is 4. The first-order valence-electron chi connectivity index (χ1n) is 6.06. The number of aryl methyl sites for hydroxylation is 1. The molecule has 0 radical (unpaired) electrons. The molecule has 1 amide bonds. The highest BCUT2D eigenvalue weighted by Gasteiger charge is 2.36. The summed E-state index contributed by atoms with van der Waals surface area (Å²) in [5.41, 5.74) is 0.670. The number of anilines is 1. The molecule has 0 unspecified atom stereocenters. The van der Waals surface area contributed by atoms with E-state index in [0.717, 1.165) is 4.90 Å². The van der Waals surface area contributed by atoms with Crippen LogP contribution >= 0.6 is 11.6 Å². The lowest BCUT2D eigenvalue weighted by Gasteiger charge is -2.17. The highest BCUT2D eigenvalue weighted by molar-refractivity contribution is 6.30. The van der Waals surface area contributed by atoms with Crippen molar-refractivity contribution >= 4 is 24.0 Å². The molecule has 2 rings (SSSR count). The predicted molar refractivity (Wildman–Crippen MR) is 73.3 cm³/mol. The maximum absolute atomic E-state index is 12.7. The lowest BCUT2D eigenvalue weighted by Crippen LogP contribution is -2.25. The van der Waals surface area contributed by atoms with Crippen molar-refractivity contribution in [3.05, 3.63) is 46.5 Å². The average Bonchev–Trinajstić information content (AvgIpc) is 2.45. The maximum Gasteiger partial charge on any atom is 0.451 e. The maximum atomic E-state index is 12.7. The predicted octanol–water partition coefficient (Wildman–Crippen LogP) is 3.02. The summed E-state index contributed by atoms with van der Waals surface area (Å²) >= 11 is 5.75. The van der Waals surface area contributed by atoms with E-state index in [1.807, 2.05) is 0 Å². The summed E-state index contributed by atoms with van der Waals surface area (Å²) < 4.78 is 38.1.